The number of hydrogen-bond acceptors (Lipinski definition) is 1. The van der Waals surface area contributed by atoms with Crippen LogP contribution in [-0.2, 0) is 4.79 Å². The van der Waals surface area contributed by atoms with Gasteiger partial charge in [-0.05, 0) is 55.3 Å². The summed E-state index contributed by atoms with van der Waals surface area (Å²) in [6, 6.07) is 0. The van der Waals surface area contributed by atoms with Crippen LogP contribution in [-0.4, -0.2) is 11.1 Å². The van der Waals surface area contributed by atoms with E-state index in [0.717, 1.165) is 12.8 Å². The normalized spacial score (nSPS) is 28.5. The van der Waals surface area contributed by atoms with Crippen LogP contribution in [0.2, 0.25) is 0 Å². The minimum atomic E-state index is -0.656. The molecule has 0 fully saturated rings. The summed E-state index contributed by atoms with van der Waals surface area (Å²) < 4.78 is 0. The minimum Gasteiger partial charge on any atom is -0.481 e. The van der Waals surface area contributed by atoms with Crippen LogP contribution in [0, 0.1) is 29.6 Å². The van der Waals surface area contributed by atoms with Gasteiger partial charge in [-0.1, -0.05) is 108 Å². The van der Waals surface area contributed by atoms with E-state index in [0.29, 0.717) is 17.8 Å². The Morgan fingerprint density at radius 3 is 2.33 bits per heavy atom. The van der Waals surface area contributed by atoms with Crippen LogP contribution in [0.5, 0.6) is 0 Å². The van der Waals surface area contributed by atoms with E-state index in [2.05, 4.69) is 51.2 Å². The van der Waals surface area contributed by atoms with E-state index in [1.807, 2.05) is 0 Å². The second kappa shape index (κ2) is 13.9. The fourth-order valence-electron chi connectivity index (χ4n) is 5.57. The molecule has 5 atom stereocenters. The maximum Gasteiger partial charge on any atom is 0.303 e. The largest absolute Gasteiger partial charge is 0.481 e. The fraction of sp³-hybridized carbons (Fsp3) is 0.750. The van der Waals surface area contributed by atoms with Crippen LogP contribution < -0.4 is 0 Å². The van der Waals surface area contributed by atoms with Crippen molar-refractivity contribution in [3.05, 3.63) is 36.0 Å². The van der Waals surface area contributed by atoms with Crippen molar-refractivity contribution in [1.29, 1.82) is 0 Å². The van der Waals surface area contributed by atoms with Crippen molar-refractivity contribution >= 4 is 5.97 Å². The van der Waals surface area contributed by atoms with Gasteiger partial charge < -0.3 is 5.11 Å². The van der Waals surface area contributed by atoms with Gasteiger partial charge in [-0.25, -0.2) is 0 Å². The first kappa shape index (κ1) is 25.0. The third kappa shape index (κ3) is 7.75. The Hall–Kier alpha value is -1.31. The molecule has 170 valence electrons. The van der Waals surface area contributed by atoms with Crippen molar-refractivity contribution in [3.63, 3.8) is 0 Å². The first-order valence-corrected chi connectivity index (χ1v) is 12.9. The molecule has 2 heteroatoms. The van der Waals surface area contributed by atoms with Crippen LogP contribution in [0.15, 0.2) is 36.0 Å². The Balaban J connectivity index is 2.20. The maximum atomic E-state index is 11.5. The Morgan fingerprint density at radius 2 is 1.70 bits per heavy atom. The average molecular weight is 415 g/mol. The lowest BCUT2D eigenvalue weighted by Gasteiger charge is -2.41. The molecule has 0 aliphatic heterocycles. The zero-order valence-corrected chi connectivity index (χ0v) is 19.8. The van der Waals surface area contributed by atoms with Gasteiger partial charge in [0, 0.05) is 6.42 Å². The zero-order chi connectivity index (χ0) is 21.8. The first-order chi connectivity index (χ1) is 14.6. The number of hydrogen-bond donors (Lipinski definition) is 1. The molecule has 0 aromatic carbocycles. The van der Waals surface area contributed by atoms with Gasteiger partial charge in [-0.3, -0.25) is 4.79 Å². The minimum absolute atomic E-state index is 0.227. The number of aliphatic carboxylic acids is 1. The van der Waals surface area contributed by atoms with Crippen LogP contribution in [0.3, 0.4) is 0 Å². The molecule has 0 spiro atoms. The SMILES string of the molecule is CCC=CC1C=C2C(C=CC(CCCCCC)C2CCCCCC)CC1CC(=O)O. The van der Waals surface area contributed by atoms with Crippen molar-refractivity contribution in [2.45, 2.75) is 104 Å². The number of rotatable bonds is 14. The molecule has 2 rings (SSSR count). The van der Waals surface area contributed by atoms with Crippen LogP contribution in [0.25, 0.3) is 0 Å². The van der Waals surface area contributed by atoms with Crippen LogP contribution in [0.1, 0.15) is 104 Å². The van der Waals surface area contributed by atoms with Gasteiger partial charge in [0.25, 0.3) is 0 Å². The molecule has 0 heterocycles. The Labute approximate surface area is 185 Å². The summed E-state index contributed by atoms with van der Waals surface area (Å²) >= 11 is 0. The first-order valence-electron chi connectivity index (χ1n) is 12.9. The molecule has 0 radical (unpaired) electrons. The highest BCUT2D eigenvalue weighted by Gasteiger charge is 2.37. The van der Waals surface area contributed by atoms with E-state index in [1.165, 1.54) is 64.2 Å². The average Bonchev–Trinajstić information content (AvgIpc) is 2.73. The van der Waals surface area contributed by atoms with E-state index in [9.17, 15) is 9.90 Å². The van der Waals surface area contributed by atoms with Crippen molar-refractivity contribution < 1.29 is 9.90 Å². The van der Waals surface area contributed by atoms with E-state index in [1.54, 1.807) is 5.57 Å². The number of carboxylic acid groups (broad SMARTS) is 1. The third-order valence-corrected chi connectivity index (χ3v) is 7.24. The Kier molecular flexibility index (Phi) is 11.6. The predicted molar refractivity (Wildman–Crippen MR) is 128 cm³/mol. The number of carboxylic acids is 1. The molecule has 0 aromatic rings. The monoisotopic (exact) mass is 414 g/mol. The number of carbonyl (C=O) groups is 1. The lowest BCUT2D eigenvalue weighted by molar-refractivity contribution is -0.138. The molecule has 0 bridgehead atoms. The summed E-state index contributed by atoms with van der Waals surface area (Å²) in [6.07, 6.45) is 27.5. The quantitative estimate of drug-likeness (QED) is 0.229. The summed E-state index contributed by atoms with van der Waals surface area (Å²) in [7, 11) is 0. The summed E-state index contributed by atoms with van der Waals surface area (Å²) in [6.45, 7) is 6.73. The van der Waals surface area contributed by atoms with Gasteiger partial charge in [0.15, 0.2) is 0 Å². The van der Waals surface area contributed by atoms with Gasteiger partial charge in [0.1, 0.15) is 0 Å². The fourth-order valence-corrected chi connectivity index (χ4v) is 5.57. The zero-order valence-electron chi connectivity index (χ0n) is 19.8. The van der Waals surface area contributed by atoms with E-state index in [-0.39, 0.29) is 18.3 Å². The van der Waals surface area contributed by atoms with Gasteiger partial charge in [0.05, 0.1) is 0 Å². The number of unbranched alkanes of at least 4 members (excludes halogenated alkanes) is 6. The third-order valence-electron chi connectivity index (χ3n) is 7.24. The smallest absolute Gasteiger partial charge is 0.303 e. The highest BCUT2D eigenvalue weighted by atomic mass is 16.4. The molecule has 0 saturated carbocycles. The molecule has 0 saturated heterocycles. The second-order valence-electron chi connectivity index (χ2n) is 9.63. The van der Waals surface area contributed by atoms with E-state index < -0.39 is 5.97 Å². The highest BCUT2D eigenvalue weighted by Crippen LogP contribution is 2.47. The molecule has 0 aromatic heterocycles. The summed E-state index contributed by atoms with van der Waals surface area (Å²) in [5, 5.41) is 9.44. The molecular formula is C28H46O2. The molecule has 2 nitrogen and oxygen atoms in total. The van der Waals surface area contributed by atoms with Gasteiger partial charge >= 0.3 is 5.97 Å². The molecule has 0 amide bonds. The van der Waals surface area contributed by atoms with Crippen molar-refractivity contribution in [3.8, 4) is 0 Å². The summed E-state index contributed by atoms with van der Waals surface area (Å²) in [5.74, 6) is 1.67. The maximum absolute atomic E-state index is 11.5. The summed E-state index contributed by atoms with van der Waals surface area (Å²) in [5.41, 5.74) is 1.64. The van der Waals surface area contributed by atoms with E-state index in [4.69, 9.17) is 0 Å². The Bertz CT molecular complexity index is 585. The lowest BCUT2D eigenvalue weighted by atomic mass is 9.63. The molecule has 2 aliphatic carbocycles. The van der Waals surface area contributed by atoms with Crippen molar-refractivity contribution in [2.24, 2.45) is 29.6 Å². The standard InChI is InChI=1S/C28H46O2/c1-4-7-10-12-15-22-17-18-24-19-25(21-28(29)30)23(14-9-6-3)20-27(24)26(22)16-13-11-8-5-2/h9,14,17-18,20,22-26H,4-8,10-13,15-16,19,21H2,1-3H3,(H,29,30). The topological polar surface area (TPSA) is 37.3 Å². The van der Waals surface area contributed by atoms with Gasteiger partial charge in [-0.2, -0.15) is 0 Å². The van der Waals surface area contributed by atoms with Crippen molar-refractivity contribution in [1.82, 2.24) is 0 Å². The number of fused-ring (bicyclic) bond motifs is 1. The summed E-state index contributed by atoms with van der Waals surface area (Å²) in [4.78, 5) is 11.5. The lowest BCUT2D eigenvalue weighted by Crippen LogP contribution is -2.32. The number of allylic oxidation sites excluding steroid dienone is 6. The van der Waals surface area contributed by atoms with Gasteiger partial charge in [-0.15, -0.1) is 0 Å². The Morgan fingerprint density at radius 1 is 1.00 bits per heavy atom. The highest BCUT2D eigenvalue weighted by molar-refractivity contribution is 5.67. The van der Waals surface area contributed by atoms with Crippen molar-refractivity contribution in [2.75, 3.05) is 0 Å². The molecule has 30 heavy (non-hydrogen) atoms. The van der Waals surface area contributed by atoms with Crippen LogP contribution >= 0.6 is 0 Å². The predicted octanol–water partition coefficient (Wildman–Crippen LogP) is 8.35. The van der Waals surface area contributed by atoms with Gasteiger partial charge in [0.2, 0.25) is 0 Å². The van der Waals surface area contributed by atoms with E-state index >= 15 is 0 Å². The van der Waals surface area contributed by atoms with Crippen LogP contribution in [0.4, 0.5) is 0 Å². The molecule has 2 aliphatic rings. The molecular weight excluding hydrogens is 368 g/mol. The molecule has 1 N–H and O–H groups in total. The second-order valence-corrected chi connectivity index (χ2v) is 9.63. The molecule has 5 unspecified atom stereocenters.